The molecule has 116 valence electrons. The number of carboxylic acid groups (broad SMARTS) is 1. The van der Waals surface area contributed by atoms with Crippen LogP contribution in [0.5, 0.6) is 0 Å². The Kier molecular flexibility index (Phi) is 5.76. The van der Waals surface area contributed by atoms with Gasteiger partial charge in [0.15, 0.2) is 0 Å². The number of hydrogen-bond donors (Lipinski definition) is 2. The minimum atomic E-state index is -0.943. The predicted octanol–water partition coefficient (Wildman–Crippen LogP) is 2.61. The third kappa shape index (κ3) is 5.85. The van der Waals surface area contributed by atoms with Crippen molar-refractivity contribution in [2.24, 2.45) is 5.41 Å². The smallest absolute Gasteiger partial charge is 0.335 e. The van der Waals surface area contributed by atoms with Gasteiger partial charge in [0.2, 0.25) is 0 Å². The molecule has 21 heavy (non-hydrogen) atoms. The number of nitrogens with zero attached hydrogens (tertiary/aromatic N) is 1. The van der Waals surface area contributed by atoms with E-state index in [4.69, 9.17) is 5.11 Å². The number of nitrogens with one attached hydrogen (secondary N) is 1. The van der Waals surface area contributed by atoms with Gasteiger partial charge in [-0.2, -0.15) is 0 Å². The third-order valence-electron chi connectivity index (χ3n) is 2.98. The maximum absolute atomic E-state index is 11.9. The van der Waals surface area contributed by atoms with Crippen molar-refractivity contribution in [2.45, 2.75) is 27.2 Å². The fourth-order valence-corrected chi connectivity index (χ4v) is 2.17. The Morgan fingerprint density at radius 3 is 2.43 bits per heavy atom. The van der Waals surface area contributed by atoms with E-state index in [9.17, 15) is 9.59 Å². The molecule has 0 saturated heterocycles. The van der Waals surface area contributed by atoms with E-state index in [0.717, 1.165) is 5.56 Å². The fourth-order valence-electron chi connectivity index (χ4n) is 2.17. The van der Waals surface area contributed by atoms with Crippen molar-refractivity contribution in [1.82, 2.24) is 10.2 Å². The molecule has 1 aromatic rings. The van der Waals surface area contributed by atoms with E-state index in [1.165, 1.54) is 0 Å². The molecule has 5 nitrogen and oxygen atoms in total. The maximum atomic E-state index is 11.9. The average molecular weight is 292 g/mol. The number of rotatable bonds is 5. The highest BCUT2D eigenvalue weighted by Crippen LogP contribution is 2.14. The molecule has 0 unspecified atom stereocenters. The highest BCUT2D eigenvalue weighted by molar-refractivity contribution is 5.89. The number of benzene rings is 1. The minimum Gasteiger partial charge on any atom is -0.478 e. The first kappa shape index (κ1) is 17.0. The van der Waals surface area contributed by atoms with E-state index in [1.807, 2.05) is 0 Å². The molecule has 0 atom stereocenters. The van der Waals surface area contributed by atoms with Gasteiger partial charge in [0.1, 0.15) is 0 Å². The van der Waals surface area contributed by atoms with Crippen LogP contribution in [-0.2, 0) is 6.42 Å². The van der Waals surface area contributed by atoms with Crippen LogP contribution in [0.15, 0.2) is 24.3 Å². The van der Waals surface area contributed by atoms with E-state index in [2.05, 4.69) is 26.1 Å². The molecular weight excluding hydrogens is 268 g/mol. The SMILES string of the molecule is CN(CC(C)(C)C)C(=O)NCCc1ccccc1C(=O)O. The lowest BCUT2D eigenvalue weighted by Gasteiger charge is -2.26. The molecular formula is C16H24N2O3. The van der Waals surface area contributed by atoms with Gasteiger partial charge in [0.05, 0.1) is 5.56 Å². The second-order valence-electron chi connectivity index (χ2n) is 6.36. The third-order valence-corrected chi connectivity index (χ3v) is 2.98. The van der Waals surface area contributed by atoms with Crippen LogP contribution in [0.3, 0.4) is 0 Å². The number of carbonyl (C=O) groups is 2. The Labute approximate surface area is 126 Å². The van der Waals surface area contributed by atoms with Gasteiger partial charge in [-0.1, -0.05) is 39.0 Å². The van der Waals surface area contributed by atoms with Crippen LogP contribution >= 0.6 is 0 Å². The largest absolute Gasteiger partial charge is 0.478 e. The molecule has 0 aliphatic rings. The van der Waals surface area contributed by atoms with Gasteiger partial charge in [-0.05, 0) is 23.5 Å². The topological polar surface area (TPSA) is 69.6 Å². The Balaban J connectivity index is 2.51. The maximum Gasteiger partial charge on any atom is 0.335 e. The van der Waals surface area contributed by atoms with Crippen molar-refractivity contribution in [3.05, 3.63) is 35.4 Å². The van der Waals surface area contributed by atoms with Crippen molar-refractivity contribution in [3.8, 4) is 0 Å². The van der Waals surface area contributed by atoms with Crippen LogP contribution in [0, 0.1) is 5.41 Å². The molecule has 1 aromatic carbocycles. The Morgan fingerprint density at radius 2 is 1.86 bits per heavy atom. The number of aromatic carboxylic acids is 1. The monoisotopic (exact) mass is 292 g/mol. The molecule has 0 aliphatic carbocycles. The quantitative estimate of drug-likeness (QED) is 0.876. The van der Waals surface area contributed by atoms with Crippen LogP contribution in [-0.4, -0.2) is 42.1 Å². The molecule has 0 heterocycles. The summed E-state index contributed by atoms with van der Waals surface area (Å²) in [4.78, 5) is 24.7. The average Bonchev–Trinajstić information content (AvgIpc) is 2.36. The summed E-state index contributed by atoms with van der Waals surface area (Å²) in [5.41, 5.74) is 1.06. The molecule has 0 saturated carbocycles. The lowest BCUT2D eigenvalue weighted by Crippen LogP contribution is -2.42. The zero-order valence-electron chi connectivity index (χ0n) is 13.1. The lowest BCUT2D eigenvalue weighted by atomic mass is 9.96. The lowest BCUT2D eigenvalue weighted by molar-refractivity contribution is 0.0695. The highest BCUT2D eigenvalue weighted by Gasteiger charge is 2.17. The molecule has 2 N–H and O–H groups in total. The molecule has 0 radical (unpaired) electrons. The normalized spacial score (nSPS) is 11.0. The van der Waals surface area contributed by atoms with Gasteiger partial charge in [-0.25, -0.2) is 9.59 Å². The second kappa shape index (κ2) is 7.11. The van der Waals surface area contributed by atoms with Crippen molar-refractivity contribution in [3.63, 3.8) is 0 Å². The van der Waals surface area contributed by atoms with Gasteiger partial charge in [0, 0.05) is 20.1 Å². The van der Waals surface area contributed by atoms with Gasteiger partial charge in [-0.3, -0.25) is 0 Å². The summed E-state index contributed by atoms with van der Waals surface area (Å²) in [5, 5.41) is 11.9. The van der Waals surface area contributed by atoms with E-state index in [1.54, 1.807) is 36.2 Å². The Morgan fingerprint density at radius 1 is 1.24 bits per heavy atom. The number of carbonyl (C=O) groups excluding carboxylic acids is 1. The first-order chi connectivity index (χ1) is 9.70. The Bertz CT molecular complexity index is 506. The number of amides is 2. The number of urea groups is 1. The summed E-state index contributed by atoms with van der Waals surface area (Å²) >= 11 is 0. The van der Waals surface area contributed by atoms with E-state index < -0.39 is 5.97 Å². The number of hydrogen-bond acceptors (Lipinski definition) is 2. The van der Waals surface area contributed by atoms with Gasteiger partial charge >= 0.3 is 12.0 Å². The summed E-state index contributed by atoms with van der Waals surface area (Å²) in [7, 11) is 1.76. The molecule has 2 amide bonds. The van der Waals surface area contributed by atoms with E-state index in [-0.39, 0.29) is 17.0 Å². The molecule has 0 aliphatic heterocycles. The van der Waals surface area contributed by atoms with Gasteiger partial charge in [0.25, 0.3) is 0 Å². The molecule has 0 bridgehead atoms. The first-order valence-corrected chi connectivity index (χ1v) is 7.01. The summed E-state index contributed by atoms with van der Waals surface area (Å²) in [6.45, 7) is 7.28. The highest BCUT2D eigenvalue weighted by atomic mass is 16.4. The summed E-state index contributed by atoms with van der Waals surface area (Å²) in [6, 6.07) is 6.70. The van der Waals surface area contributed by atoms with Crippen LogP contribution < -0.4 is 5.32 Å². The van der Waals surface area contributed by atoms with Crippen molar-refractivity contribution >= 4 is 12.0 Å². The van der Waals surface area contributed by atoms with Crippen LogP contribution in [0.2, 0.25) is 0 Å². The number of carboxylic acids is 1. The predicted molar refractivity (Wildman–Crippen MR) is 82.6 cm³/mol. The summed E-state index contributed by atoms with van der Waals surface area (Å²) in [5.74, 6) is -0.943. The molecule has 1 rings (SSSR count). The van der Waals surface area contributed by atoms with Crippen molar-refractivity contribution < 1.29 is 14.7 Å². The summed E-state index contributed by atoms with van der Waals surface area (Å²) < 4.78 is 0. The summed E-state index contributed by atoms with van der Waals surface area (Å²) in [6.07, 6.45) is 0.498. The van der Waals surface area contributed by atoms with Crippen molar-refractivity contribution in [2.75, 3.05) is 20.1 Å². The van der Waals surface area contributed by atoms with Crippen LogP contribution in [0.25, 0.3) is 0 Å². The first-order valence-electron chi connectivity index (χ1n) is 7.01. The van der Waals surface area contributed by atoms with Crippen LogP contribution in [0.1, 0.15) is 36.7 Å². The fraction of sp³-hybridized carbons (Fsp3) is 0.500. The van der Waals surface area contributed by atoms with Gasteiger partial charge in [-0.15, -0.1) is 0 Å². The molecule has 0 spiro atoms. The van der Waals surface area contributed by atoms with Gasteiger partial charge < -0.3 is 15.3 Å². The molecule has 0 fully saturated rings. The Hall–Kier alpha value is -2.04. The minimum absolute atomic E-state index is 0.0436. The standard InChI is InChI=1S/C16H24N2O3/c1-16(2,3)11-18(4)15(21)17-10-9-12-7-5-6-8-13(12)14(19)20/h5-8H,9-11H2,1-4H3,(H,17,21)(H,19,20). The van der Waals surface area contributed by atoms with Crippen molar-refractivity contribution in [1.29, 1.82) is 0 Å². The molecule has 0 aromatic heterocycles. The van der Waals surface area contributed by atoms with Crippen LogP contribution in [0.4, 0.5) is 4.79 Å². The second-order valence-corrected chi connectivity index (χ2v) is 6.36. The van der Waals surface area contributed by atoms with E-state index in [0.29, 0.717) is 19.5 Å². The zero-order valence-corrected chi connectivity index (χ0v) is 13.1. The van der Waals surface area contributed by atoms with E-state index >= 15 is 0 Å². The molecule has 5 heteroatoms. The zero-order chi connectivity index (χ0) is 16.0.